The van der Waals surface area contributed by atoms with Crippen LogP contribution in [-0.2, 0) is 36.7 Å². The predicted octanol–water partition coefficient (Wildman–Crippen LogP) is 11.9. The molecule has 1 N–H and O–H groups in total. The summed E-state index contributed by atoms with van der Waals surface area (Å²) in [5.74, 6) is 1.93. The molecule has 1 radical (unpaired) electrons. The van der Waals surface area contributed by atoms with E-state index in [1.165, 1.54) is 22.6 Å². The molecule has 6 heteroatoms. The van der Waals surface area contributed by atoms with Gasteiger partial charge in [-0.1, -0.05) is 97.5 Å². The van der Waals surface area contributed by atoms with Crippen LogP contribution in [0.2, 0.25) is 0 Å². The normalized spacial score (nSPS) is 12.0. The van der Waals surface area contributed by atoms with Crippen molar-refractivity contribution in [3.05, 3.63) is 96.0 Å². The van der Waals surface area contributed by atoms with E-state index in [2.05, 4.69) is 93.1 Å². The fourth-order valence-electron chi connectivity index (χ4n) is 6.18. The van der Waals surface area contributed by atoms with Crippen molar-refractivity contribution >= 4 is 27.7 Å². The number of aliphatic hydroxyl groups excluding tert-OH is 1. The molecule has 0 aliphatic carbocycles. The molecule has 0 saturated heterocycles. The van der Waals surface area contributed by atoms with Crippen molar-refractivity contribution in [2.24, 2.45) is 17.8 Å². The van der Waals surface area contributed by atoms with Gasteiger partial charge in [-0.05, 0) is 61.1 Å². The number of nitrogens with zero attached hydrogens (tertiary/aromatic N) is 2. The topological polar surface area (TPSA) is 76.2 Å². The third-order valence-electron chi connectivity index (χ3n) is 9.06. The van der Waals surface area contributed by atoms with E-state index in [4.69, 9.17) is 4.42 Å². The molecule has 0 spiro atoms. The van der Waals surface area contributed by atoms with Crippen molar-refractivity contribution in [2.75, 3.05) is 0 Å². The Balaban J connectivity index is 0.000000347. The molecule has 49 heavy (non-hydrogen) atoms. The van der Waals surface area contributed by atoms with Crippen molar-refractivity contribution in [1.29, 1.82) is 0 Å². The van der Waals surface area contributed by atoms with E-state index in [9.17, 15) is 9.90 Å². The quantitative estimate of drug-likeness (QED) is 0.0815. The van der Waals surface area contributed by atoms with Gasteiger partial charge >= 0.3 is 0 Å². The van der Waals surface area contributed by atoms with Crippen LogP contribution in [-0.4, -0.2) is 20.9 Å². The molecule has 5 aromatic rings. The number of hydrogen-bond acceptors (Lipinski definition) is 5. The molecule has 263 valence electrons. The van der Waals surface area contributed by atoms with Crippen molar-refractivity contribution in [3.8, 4) is 22.6 Å². The van der Waals surface area contributed by atoms with Gasteiger partial charge in [0.1, 0.15) is 11.3 Å². The molecular weight excluding hydrogens is 785 g/mol. The number of pyridine rings is 2. The van der Waals surface area contributed by atoms with Crippen molar-refractivity contribution in [1.82, 2.24) is 9.97 Å². The maximum absolute atomic E-state index is 11.7. The standard InChI is InChI=1S/C30H29N2O.C13H24O2.Ir/c1-19(2)12-20-13-29-27(32-18-20)17-28(33-29)22-10-11-31-26(16-22)23-14-21-8-6-7-9-24(21)25(15-23)30(3,4)5;1-5-10(6-2)12(14)9-13(15)11(7-3)8-4;/h6-11,13,15-19H,12H2,1-5H3;9-11,14H,5-8H2,1-4H3;/q-1;;/b;12-9-;. The number of allylic oxidation sites excluding steroid dienone is 2. The van der Waals surface area contributed by atoms with Crippen LogP contribution in [0.4, 0.5) is 0 Å². The smallest absolute Gasteiger partial charge is 0.162 e. The first-order chi connectivity index (χ1) is 22.9. The van der Waals surface area contributed by atoms with Crippen LogP contribution in [0.5, 0.6) is 0 Å². The number of rotatable bonds is 11. The third-order valence-corrected chi connectivity index (χ3v) is 9.06. The Bertz CT molecular complexity index is 1860. The van der Waals surface area contributed by atoms with Crippen molar-refractivity contribution in [2.45, 2.75) is 99.8 Å². The van der Waals surface area contributed by atoms with Gasteiger partial charge in [-0.25, -0.2) is 0 Å². The van der Waals surface area contributed by atoms with Gasteiger partial charge in [-0.3, -0.25) is 14.8 Å². The minimum Gasteiger partial charge on any atom is -0.512 e. The molecular formula is C43H53IrN2O3-. The van der Waals surface area contributed by atoms with Gasteiger partial charge < -0.3 is 9.52 Å². The van der Waals surface area contributed by atoms with Crippen LogP contribution in [0.1, 0.15) is 99.1 Å². The number of fused-ring (bicyclic) bond motifs is 2. The Morgan fingerprint density at radius 1 is 0.918 bits per heavy atom. The third kappa shape index (κ3) is 10.2. The molecule has 0 atom stereocenters. The van der Waals surface area contributed by atoms with Gasteiger partial charge in [0.2, 0.25) is 0 Å². The molecule has 2 aromatic carbocycles. The summed E-state index contributed by atoms with van der Waals surface area (Å²) in [6.07, 6.45) is 9.70. The van der Waals surface area contributed by atoms with Crippen LogP contribution >= 0.6 is 0 Å². The summed E-state index contributed by atoms with van der Waals surface area (Å²) in [6.45, 7) is 19.2. The van der Waals surface area contributed by atoms with Crippen LogP contribution in [0, 0.1) is 23.8 Å². The molecule has 0 saturated carbocycles. The van der Waals surface area contributed by atoms with E-state index in [0.717, 1.165) is 71.2 Å². The Kier molecular flexibility index (Phi) is 14.5. The Hall–Kier alpha value is -3.60. The van der Waals surface area contributed by atoms with Gasteiger partial charge in [-0.15, -0.1) is 29.1 Å². The molecule has 5 rings (SSSR count). The number of aliphatic hydroxyl groups is 1. The first-order valence-corrected chi connectivity index (χ1v) is 17.6. The van der Waals surface area contributed by atoms with Crippen molar-refractivity contribution < 1.29 is 34.4 Å². The monoisotopic (exact) mass is 838 g/mol. The van der Waals surface area contributed by atoms with Crippen LogP contribution in [0.3, 0.4) is 0 Å². The minimum atomic E-state index is 0. The average molecular weight is 838 g/mol. The van der Waals surface area contributed by atoms with E-state index in [-0.39, 0.29) is 48.9 Å². The fraction of sp³-hybridized carbons (Fsp3) is 0.419. The number of ketones is 1. The number of carbonyl (C=O) groups is 1. The van der Waals surface area contributed by atoms with Crippen LogP contribution in [0.25, 0.3) is 44.5 Å². The number of hydrogen-bond donors (Lipinski definition) is 1. The van der Waals surface area contributed by atoms with Crippen LogP contribution in [0.15, 0.2) is 83.2 Å². The Morgan fingerprint density at radius 3 is 2.22 bits per heavy atom. The van der Waals surface area contributed by atoms with Crippen LogP contribution < -0.4 is 0 Å². The van der Waals surface area contributed by atoms with E-state index in [1.807, 2.05) is 52.2 Å². The minimum absolute atomic E-state index is 0. The molecule has 0 aliphatic rings. The fourth-order valence-corrected chi connectivity index (χ4v) is 6.18. The van der Waals surface area contributed by atoms with E-state index >= 15 is 0 Å². The molecule has 0 aliphatic heterocycles. The van der Waals surface area contributed by atoms with Gasteiger partial charge in [0.25, 0.3) is 0 Å². The average Bonchev–Trinajstić information content (AvgIpc) is 3.49. The number of benzene rings is 2. The zero-order valence-electron chi connectivity index (χ0n) is 30.7. The zero-order chi connectivity index (χ0) is 35.0. The maximum atomic E-state index is 11.7. The largest absolute Gasteiger partial charge is 0.512 e. The van der Waals surface area contributed by atoms with Crippen molar-refractivity contribution in [3.63, 3.8) is 0 Å². The molecule has 3 heterocycles. The zero-order valence-corrected chi connectivity index (χ0v) is 33.1. The molecule has 0 bridgehead atoms. The summed E-state index contributed by atoms with van der Waals surface area (Å²) in [7, 11) is 0. The summed E-state index contributed by atoms with van der Waals surface area (Å²) in [5, 5.41) is 12.1. The second kappa shape index (κ2) is 17.9. The molecule has 0 amide bonds. The first kappa shape index (κ1) is 39.8. The van der Waals surface area contributed by atoms with Gasteiger partial charge in [-0.2, -0.15) is 0 Å². The van der Waals surface area contributed by atoms with Gasteiger partial charge in [0.05, 0.1) is 5.76 Å². The number of furan rings is 1. The summed E-state index contributed by atoms with van der Waals surface area (Å²) in [6, 6.07) is 22.5. The van der Waals surface area contributed by atoms with E-state index < -0.39 is 0 Å². The SMILES string of the molecule is CC(C)Cc1cnc2cc(-c3ccnc(-c4[c-]c5ccccc5c(C(C)(C)C)c4)c3)oc2c1.CCC(CC)C(=O)/C=C(\O)C(CC)CC.[Ir]. The Morgan fingerprint density at radius 2 is 1.59 bits per heavy atom. The second-order valence-electron chi connectivity index (χ2n) is 14.3. The molecule has 5 nitrogen and oxygen atoms in total. The van der Waals surface area contributed by atoms with Gasteiger partial charge in [0, 0.05) is 67.7 Å². The number of aromatic nitrogens is 2. The maximum Gasteiger partial charge on any atom is 0.162 e. The summed E-state index contributed by atoms with van der Waals surface area (Å²) >= 11 is 0. The van der Waals surface area contributed by atoms with E-state index in [1.54, 1.807) is 0 Å². The van der Waals surface area contributed by atoms with Gasteiger partial charge in [0.15, 0.2) is 11.4 Å². The predicted molar refractivity (Wildman–Crippen MR) is 200 cm³/mol. The number of carbonyl (C=O) groups excluding carboxylic acids is 1. The summed E-state index contributed by atoms with van der Waals surface area (Å²) in [5.41, 5.74) is 7.09. The Labute approximate surface area is 307 Å². The summed E-state index contributed by atoms with van der Waals surface area (Å²) < 4.78 is 6.21. The van der Waals surface area contributed by atoms with E-state index in [0.29, 0.717) is 5.92 Å². The summed E-state index contributed by atoms with van der Waals surface area (Å²) in [4.78, 5) is 21.0. The molecule has 3 aromatic heterocycles. The first-order valence-electron chi connectivity index (χ1n) is 17.6. The molecule has 0 fully saturated rings. The molecule has 0 unspecified atom stereocenters. The second-order valence-corrected chi connectivity index (χ2v) is 14.3.